The molecule has 1 heterocycles. The summed E-state index contributed by atoms with van der Waals surface area (Å²) >= 11 is 5.87. The third-order valence-corrected chi connectivity index (χ3v) is 5.05. The van der Waals surface area contributed by atoms with E-state index in [1.807, 2.05) is 0 Å². The summed E-state index contributed by atoms with van der Waals surface area (Å²) in [6.45, 7) is 0.174. The van der Waals surface area contributed by atoms with Gasteiger partial charge in [-0.25, -0.2) is 9.18 Å². The second-order valence-corrected chi connectivity index (χ2v) is 7.39. The van der Waals surface area contributed by atoms with Gasteiger partial charge >= 0.3 is 5.97 Å². The Morgan fingerprint density at radius 1 is 0.939 bits per heavy atom. The summed E-state index contributed by atoms with van der Waals surface area (Å²) in [5.41, 5.74) is 0.600. The average molecular weight is 470 g/mol. The van der Waals surface area contributed by atoms with E-state index in [0.717, 1.165) is 12.1 Å². The minimum absolute atomic E-state index is 0.00463. The lowest BCUT2D eigenvalue weighted by atomic mass is 9.98. The van der Waals surface area contributed by atoms with Crippen LogP contribution < -0.4 is 14.8 Å². The molecule has 4 rings (SSSR count). The number of ether oxygens (including phenoxy) is 3. The minimum Gasteiger partial charge on any atom is -0.486 e. The van der Waals surface area contributed by atoms with Crippen LogP contribution in [0.4, 0.5) is 10.1 Å². The summed E-state index contributed by atoms with van der Waals surface area (Å²) in [5.74, 6) is -1.50. The highest BCUT2D eigenvalue weighted by Gasteiger charge is 2.22. The third-order valence-electron chi connectivity index (χ3n) is 4.74. The largest absolute Gasteiger partial charge is 0.486 e. The van der Waals surface area contributed by atoms with E-state index in [-0.39, 0.29) is 21.8 Å². The lowest BCUT2D eigenvalue weighted by Crippen LogP contribution is -2.22. The van der Waals surface area contributed by atoms with Gasteiger partial charge in [-0.1, -0.05) is 29.8 Å². The number of fused-ring (bicyclic) bond motifs is 1. The summed E-state index contributed by atoms with van der Waals surface area (Å²) < 4.78 is 29.2. The molecular weight excluding hydrogens is 453 g/mol. The molecule has 0 saturated carbocycles. The number of ketones is 1. The number of rotatable bonds is 6. The zero-order chi connectivity index (χ0) is 23.4. The molecule has 3 aromatic rings. The monoisotopic (exact) mass is 469 g/mol. The molecule has 9 heteroatoms. The quantitative estimate of drug-likeness (QED) is 0.428. The molecule has 0 aromatic heterocycles. The maximum absolute atomic E-state index is 13.1. The highest BCUT2D eigenvalue weighted by Crippen LogP contribution is 2.31. The average Bonchev–Trinajstić information content (AvgIpc) is 2.83. The van der Waals surface area contributed by atoms with Crippen molar-refractivity contribution in [3.05, 3.63) is 88.2 Å². The first-order chi connectivity index (χ1) is 15.9. The first-order valence-electron chi connectivity index (χ1n) is 9.88. The van der Waals surface area contributed by atoms with Gasteiger partial charge in [0, 0.05) is 11.1 Å². The van der Waals surface area contributed by atoms with E-state index in [1.54, 1.807) is 30.3 Å². The van der Waals surface area contributed by atoms with Gasteiger partial charge < -0.3 is 19.5 Å². The van der Waals surface area contributed by atoms with Crippen LogP contribution in [0.5, 0.6) is 11.5 Å². The van der Waals surface area contributed by atoms with Gasteiger partial charge in [-0.05, 0) is 42.5 Å². The Morgan fingerprint density at radius 3 is 2.42 bits per heavy atom. The highest BCUT2D eigenvalue weighted by atomic mass is 35.5. The van der Waals surface area contributed by atoms with E-state index in [0.29, 0.717) is 30.3 Å². The van der Waals surface area contributed by atoms with Gasteiger partial charge in [0.25, 0.3) is 5.91 Å². The maximum atomic E-state index is 13.1. The van der Waals surface area contributed by atoms with Gasteiger partial charge in [-0.3, -0.25) is 9.59 Å². The Hall–Kier alpha value is -3.91. The van der Waals surface area contributed by atoms with E-state index >= 15 is 0 Å². The van der Waals surface area contributed by atoms with Crippen molar-refractivity contribution in [2.45, 2.75) is 0 Å². The molecule has 0 atom stereocenters. The molecule has 0 aliphatic carbocycles. The van der Waals surface area contributed by atoms with Crippen LogP contribution in [0.25, 0.3) is 0 Å². The van der Waals surface area contributed by atoms with E-state index in [4.69, 9.17) is 25.8 Å². The first kappa shape index (κ1) is 22.3. The fourth-order valence-electron chi connectivity index (χ4n) is 3.19. The molecule has 1 aliphatic heterocycles. The molecule has 168 valence electrons. The van der Waals surface area contributed by atoms with Crippen molar-refractivity contribution in [1.29, 1.82) is 0 Å². The highest BCUT2D eigenvalue weighted by molar-refractivity contribution is 6.33. The van der Waals surface area contributed by atoms with Crippen LogP contribution in [0.2, 0.25) is 5.02 Å². The van der Waals surface area contributed by atoms with Crippen LogP contribution in [0, 0.1) is 5.82 Å². The Balaban J connectivity index is 1.46. The van der Waals surface area contributed by atoms with Crippen molar-refractivity contribution >= 4 is 34.9 Å². The van der Waals surface area contributed by atoms with E-state index in [1.165, 1.54) is 18.2 Å². The molecule has 1 aliphatic rings. The molecule has 0 saturated heterocycles. The van der Waals surface area contributed by atoms with Gasteiger partial charge in [-0.15, -0.1) is 0 Å². The van der Waals surface area contributed by atoms with Crippen LogP contribution >= 0.6 is 11.6 Å². The first-order valence-corrected chi connectivity index (χ1v) is 10.3. The second-order valence-electron chi connectivity index (χ2n) is 6.98. The van der Waals surface area contributed by atoms with Gasteiger partial charge in [0.05, 0.1) is 16.3 Å². The lowest BCUT2D eigenvalue weighted by Gasteiger charge is -2.18. The molecule has 33 heavy (non-hydrogen) atoms. The number of carbonyl (C=O) groups excluding carboxylic acids is 3. The normalized spacial score (nSPS) is 12.1. The zero-order valence-electron chi connectivity index (χ0n) is 17.1. The minimum atomic E-state index is -0.850. The van der Waals surface area contributed by atoms with Crippen molar-refractivity contribution in [2.75, 3.05) is 25.1 Å². The maximum Gasteiger partial charge on any atom is 0.339 e. The number of hydrogen-bond acceptors (Lipinski definition) is 6. The molecule has 0 fully saturated rings. The molecule has 0 radical (unpaired) electrons. The molecule has 0 spiro atoms. The van der Waals surface area contributed by atoms with Crippen molar-refractivity contribution < 1.29 is 33.0 Å². The van der Waals surface area contributed by atoms with E-state index in [2.05, 4.69) is 5.32 Å². The molecule has 0 bridgehead atoms. The number of nitrogens with one attached hydrogen (secondary N) is 1. The van der Waals surface area contributed by atoms with Crippen molar-refractivity contribution in [3.63, 3.8) is 0 Å². The molecular formula is C24H17ClFNO6. The fraction of sp³-hybridized carbons (Fsp3) is 0.125. The molecule has 1 N–H and O–H groups in total. The summed E-state index contributed by atoms with van der Waals surface area (Å²) in [7, 11) is 0. The zero-order valence-corrected chi connectivity index (χ0v) is 17.9. The van der Waals surface area contributed by atoms with Crippen molar-refractivity contribution in [1.82, 2.24) is 0 Å². The van der Waals surface area contributed by atoms with Crippen molar-refractivity contribution in [3.8, 4) is 11.5 Å². The molecule has 3 aromatic carbocycles. The Morgan fingerprint density at radius 2 is 1.67 bits per heavy atom. The Labute approximate surface area is 193 Å². The Bertz CT molecular complexity index is 1250. The fourth-order valence-corrected chi connectivity index (χ4v) is 3.40. The van der Waals surface area contributed by atoms with Crippen LogP contribution in [0.15, 0.2) is 60.7 Å². The SMILES string of the molecule is O=C(COC(=O)c1ccccc1C(=O)c1ccc2c(c1)OCCO2)Nc1ccc(F)cc1Cl. The van der Waals surface area contributed by atoms with Gasteiger partial charge in [0.1, 0.15) is 19.0 Å². The second kappa shape index (κ2) is 9.70. The predicted octanol–water partition coefficient (Wildman–Crippen LogP) is 4.28. The Kier molecular flexibility index (Phi) is 6.55. The predicted molar refractivity (Wildman–Crippen MR) is 118 cm³/mol. The molecule has 1 amide bonds. The number of anilines is 1. The number of hydrogen-bond donors (Lipinski definition) is 1. The standard InChI is InChI=1S/C24H17ClFNO6/c25-18-12-15(26)6-7-19(18)27-22(28)13-33-24(30)17-4-2-1-3-16(17)23(29)14-5-8-20-21(11-14)32-10-9-31-20/h1-8,11-12H,9-10,13H2,(H,27,28). The van der Waals surface area contributed by atoms with Gasteiger partial charge in [0.15, 0.2) is 23.9 Å². The summed E-state index contributed by atoms with van der Waals surface area (Å²) in [5, 5.41) is 2.43. The summed E-state index contributed by atoms with van der Waals surface area (Å²) in [4.78, 5) is 37.8. The number of halogens is 2. The van der Waals surface area contributed by atoms with E-state index < -0.39 is 30.1 Å². The van der Waals surface area contributed by atoms with Gasteiger partial charge in [-0.2, -0.15) is 0 Å². The lowest BCUT2D eigenvalue weighted by molar-refractivity contribution is -0.119. The van der Waals surface area contributed by atoms with Crippen LogP contribution in [0.1, 0.15) is 26.3 Å². The summed E-state index contributed by atoms with van der Waals surface area (Å²) in [6, 6.07) is 14.4. The molecule has 0 unspecified atom stereocenters. The van der Waals surface area contributed by atoms with Crippen LogP contribution in [-0.4, -0.2) is 37.5 Å². The van der Waals surface area contributed by atoms with Crippen molar-refractivity contribution in [2.24, 2.45) is 0 Å². The smallest absolute Gasteiger partial charge is 0.339 e. The van der Waals surface area contributed by atoms with Crippen LogP contribution in [-0.2, 0) is 9.53 Å². The van der Waals surface area contributed by atoms with Gasteiger partial charge in [0.2, 0.25) is 0 Å². The van der Waals surface area contributed by atoms with E-state index in [9.17, 15) is 18.8 Å². The van der Waals surface area contributed by atoms with Crippen LogP contribution in [0.3, 0.4) is 0 Å². The number of esters is 1. The number of benzene rings is 3. The molecule has 7 nitrogen and oxygen atoms in total. The number of amides is 1. The summed E-state index contributed by atoms with van der Waals surface area (Å²) in [6.07, 6.45) is 0. The third kappa shape index (κ3) is 5.12. The number of carbonyl (C=O) groups is 3. The topological polar surface area (TPSA) is 90.9 Å².